The summed E-state index contributed by atoms with van der Waals surface area (Å²) in [6, 6.07) is 9.23. The Bertz CT molecular complexity index is 320. The highest BCUT2D eigenvalue weighted by Crippen LogP contribution is 2.15. The zero-order chi connectivity index (χ0) is 12.1. The van der Waals surface area contributed by atoms with Crippen LogP contribution in [-0.4, -0.2) is 24.5 Å². The highest BCUT2D eigenvalue weighted by atomic mass is 15.1. The molecule has 90 valence electrons. The summed E-state index contributed by atoms with van der Waals surface area (Å²) in [5.41, 5.74) is 8.72. The molecule has 0 saturated heterocycles. The average Bonchev–Trinajstić information content (AvgIpc) is 2.25. The van der Waals surface area contributed by atoms with Crippen LogP contribution in [0.5, 0.6) is 0 Å². The Morgan fingerprint density at radius 3 is 2.56 bits per heavy atom. The van der Waals surface area contributed by atoms with E-state index in [1.165, 1.54) is 11.1 Å². The number of hydrogen-bond donors (Lipinski definition) is 1. The summed E-state index contributed by atoms with van der Waals surface area (Å²) in [6.07, 6.45) is 1.01. The molecule has 0 heterocycles. The second-order valence-electron chi connectivity index (χ2n) is 4.88. The summed E-state index contributed by atoms with van der Waals surface area (Å²) in [4.78, 5) is 2.33. The molecule has 0 spiro atoms. The fourth-order valence-corrected chi connectivity index (χ4v) is 1.67. The molecule has 1 atom stereocenters. The molecule has 2 heteroatoms. The zero-order valence-electron chi connectivity index (χ0n) is 10.9. The van der Waals surface area contributed by atoms with E-state index in [1.807, 2.05) is 0 Å². The fourth-order valence-electron chi connectivity index (χ4n) is 1.67. The monoisotopic (exact) mass is 220 g/mol. The number of rotatable bonds is 5. The van der Waals surface area contributed by atoms with Crippen LogP contribution in [0.4, 0.5) is 0 Å². The Kier molecular flexibility index (Phi) is 4.97. The van der Waals surface area contributed by atoms with Crippen LogP contribution in [0.25, 0.3) is 0 Å². The van der Waals surface area contributed by atoms with E-state index in [4.69, 9.17) is 5.73 Å². The lowest BCUT2D eigenvalue weighted by Crippen LogP contribution is -2.29. The Morgan fingerprint density at radius 1 is 1.31 bits per heavy atom. The van der Waals surface area contributed by atoms with E-state index >= 15 is 0 Å². The van der Waals surface area contributed by atoms with Crippen LogP contribution in [0.3, 0.4) is 0 Å². The van der Waals surface area contributed by atoms with Crippen LogP contribution in [0.1, 0.15) is 37.4 Å². The van der Waals surface area contributed by atoms with Crippen molar-refractivity contribution in [1.29, 1.82) is 0 Å². The van der Waals surface area contributed by atoms with Gasteiger partial charge in [-0.1, -0.05) is 29.8 Å². The van der Waals surface area contributed by atoms with Crippen molar-refractivity contribution in [2.24, 2.45) is 5.73 Å². The molecule has 2 nitrogen and oxygen atoms in total. The molecular formula is C14H24N2. The summed E-state index contributed by atoms with van der Waals surface area (Å²) in [7, 11) is 2.15. The van der Waals surface area contributed by atoms with Crippen LogP contribution in [0.15, 0.2) is 24.3 Å². The van der Waals surface area contributed by atoms with Gasteiger partial charge in [0.1, 0.15) is 0 Å². The molecule has 0 radical (unpaired) electrons. The van der Waals surface area contributed by atoms with E-state index in [9.17, 15) is 0 Å². The maximum absolute atomic E-state index is 6.19. The van der Waals surface area contributed by atoms with Crippen molar-refractivity contribution < 1.29 is 0 Å². The summed E-state index contributed by atoms with van der Waals surface area (Å²) >= 11 is 0. The molecule has 1 rings (SSSR count). The molecule has 0 aliphatic rings. The second kappa shape index (κ2) is 6.02. The van der Waals surface area contributed by atoms with Crippen LogP contribution >= 0.6 is 0 Å². The summed E-state index contributed by atoms with van der Waals surface area (Å²) in [5, 5.41) is 0. The van der Waals surface area contributed by atoms with Crippen LogP contribution in [0.2, 0.25) is 0 Å². The van der Waals surface area contributed by atoms with Gasteiger partial charge < -0.3 is 10.6 Å². The standard InChI is InChI=1S/C14H24N2/c1-11(2)16(4)9-8-14(15)13-7-5-6-12(3)10-13/h5-7,10-11,14H,8-9,15H2,1-4H3. The minimum Gasteiger partial charge on any atom is -0.324 e. The van der Waals surface area contributed by atoms with Gasteiger partial charge in [0.15, 0.2) is 0 Å². The SMILES string of the molecule is Cc1cccc(C(N)CCN(C)C(C)C)c1. The van der Waals surface area contributed by atoms with Gasteiger partial charge >= 0.3 is 0 Å². The van der Waals surface area contributed by atoms with Gasteiger partial charge in [-0.05, 0) is 46.3 Å². The Labute approximate surface area is 99.5 Å². The van der Waals surface area contributed by atoms with E-state index in [0.717, 1.165) is 13.0 Å². The van der Waals surface area contributed by atoms with Crippen molar-refractivity contribution in [3.8, 4) is 0 Å². The van der Waals surface area contributed by atoms with Gasteiger partial charge in [-0.15, -0.1) is 0 Å². The normalized spacial score (nSPS) is 13.4. The first kappa shape index (κ1) is 13.2. The van der Waals surface area contributed by atoms with Crippen LogP contribution < -0.4 is 5.73 Å². The molecule has 0 fully saturated rings. The Balaban J connectivity index is 2.49. The molecule has 1 aromatic carbocycles. The van der Waals surface area contributed by atoms with Gasteiger partial charge in [-0.2, -0.15) is 0 Å². The lowest BCUT2D eigenvalue weighted by Gasteiger charge is -2.23. The van der Waals surface area contributed by atoms with Crippen molar-refractivity contribution >= 4 is 0 Å². The van der Waals surface area contributed by atoms with E-state index in [0.29, 0.717) is 6.04 Å². The molecule has 0 amide bonds. The van der Waals surface area contributed by atoms with E-state index in [2.05, 4.69) is 57.0 Å². The van der Waals surface area contributed by atoms with Crippen LogP contribution in [-0.2, 0) is 0 Å². The third-order valence-corrected chi connectivity index (χ3v) is 3.14. The van der Waals surface area contributed by atoms with E-state index in [-0.39, 0.29) is 6.04 Å². The van der Waals surface area contributed by atoms with Crippen LogP contribution in [0, 0.1) is 6.92 Å². The van der Waals surface area contributed by atoms with Crippen molar-refractivity contribution in [2.45, 2.75) is 39.3 Å². The Morgan fingerprint density at radius 2 is 2.00 bits per heavy atom. The molecule has 0 bridgehead atoms. The second-order valence-corrected chi connectivity index (χ2v) is 4.88. The first-order valence-corrected chi connectivity index (χ1v) is 6.03. The molecule has 16 heavy (non-hydrogen) atoms. The van der Waals surface area contributed by atoms with Crippen molar-refractivity contribution in [3.63, 3.8) is 0 Å². The largest absolute Gasteiger partial charge is 0.324 e. The van der Waals surface area contributed by atoms with Gasteiger partial charge in [0, 0.05) is 12.1 Å². The van der Waals surface area contributed by atoms with Crippen molar-refractivity contribution in [1.82, 2.24) is 4.90 Å². The lowest BCUT2D eigenvalue weighted by molar-refractivity contribution is 0.263. The van der Waals surface area contributed by atoms with Crippen molar-refractivity contribution in [3.05, 3.63) is 35.4 Å². The smallest absolute Gasteiger partial charge is 0.0307 e. The lowest BCUT2D eigenvalue weighted by atomic mass is 10.0. The molecule has 0 saturated carbocycles. The van der Waals surface area contributed by atoms with Gasteiger partial charge in [0.2, 0.25) is 0 Å². The minimum atomic E-state index is 0.154. The summed E-state index contributed by atoms with van der Waals surface area (Å²) in [6.45, 7) is 7.57. The van der Waals surface area contributed by atoms with Gasteiger partial charge in [0.05, 0.1) is 0 Å². The maximum atomic E-state index is 6.19. The predicted octanol–water partition coefficient (Wildman–Crippen LogP) is 2.73. The van der Waals surface area contributed by atoms with Crippen molar-refractivity contribution in [2.75, 3.05) is 13.6 Å². The number of aryl methyl sites for hydroxylation is 1. The average molecular weight is 220 g/mol. The number of nitrogens with two attached hydrogens (primary N) is 1. The minimum absolute atomic E-state index is 0.154. The Hall–Kier alpha value is -0.860. The highest BCUT2D eigenvalue weighted by molar-refractivity contribution is 5.24. The van der Waals surface area contributed by atoms with Gasteiger partial charge in [0.25, 0.3) is 0 Å². The predicted molar refractivity (Wildman–Crippen MR) is 70.5 cm³/mol. The summed E-state index contributed by atoms with van der Waals surface area (Å²) in [5.74, 6) is 0. The molecule has 1 aromatic rings. The summed E-state index contributed by atoms with van der Waals surface area (Å²) < 4.78 is 0. The number of benzene rings is 1. The molecule has 1 unspecified atom stereocenters. The fraction of sp³-hybridized carbons (Fsp3) is 0.571. The topological polar surface area (TPSA) is 29.3 Å². The maximum Gasteiger partial charge on any atom is 0.0307 e. The molecule has 0 aromatic heterocycles. The molecule has 0 aliphatic carbocycles. The zero-order valence-corrected chi connectivity index (χ0v) is 10.9. The molecule has 2 N–H and O–H groups in total. The number of hydrogen-bond acceptors (Lipinski definition) is 2. The number of nitrogens with zero attached hydrogens (tertiary/aromatic N) is 1. The molecular weight excluding hydrogens is 196 g/mol. The highest BCUT2D eigenvalue weighted by Gasteiger charge is 2.09. The van der Waals surface area contributed by atoms with Gasteiger partial charge in [-0.25, -0.2) is 0 Å². The first-order chi connectivity index (χ1) is 7.50. The van der Waals surface area contributed by atoms with Gasteiger partial charge in [-0.3, -0.25) is 0 Å². The van der Waals surface area contributed by atoms with E-state index in [1.54, 1.807) is 0 Å². The third kappa shape index (κ3) is 3.95. The molecule has 0 aliphatic heterocycles. The quantitative estimate of drug-likeness (QED) is 0.826. The first-order valence-electron chi connectivity index (χ1n) is 6.03. The third-order valence-electron chi connectivity index (χ3n) is 3.14. The van der Waals surface area contributed by atoms with E-state index < -0.39 is 0 Å².